The summed E-state index contributed by atoms with van der Waals surface area (Å²) in [5.41, 5.74) is 0. The molecular formula is C13H28O3. The first-order valence-corrected chi connectivity index (χ1v) is 6.68. The molecular weight excluding hydrogens is 204 g/mol. The van der Waals surface area contributed by atoms with E-state index in [0.717, 1.165) is 19.3 Å². The van der Waals surface area contributed by atoms with E-state index in [1.807, 2.05) is 0 Å². The van der Waals surface area contributed by atoms with Gasteiger partial charge in [-0.1, -0.05) is 39.0 Å². The van der Waals surface area contributed by atoms with E-state index in [2.05, 4.69) is 6.92 Å². The molecule has 0 aromatic heterocycles. The lowest BCUT2D eigenvalue weighted by atomic mass is 10.1. The fourth-order valence-corrected chi connectivity index (χ4v) is 1.62. The second-order valence-electron chi connectivity index (χ2n) is 4.33. The Kier molecular flexibility index (Phi) is 12.9. The van der Waals surface area contributed by atoms with Crippen LogP contribution in [0.25, 0.3) is 0 Å². The smallest absolute Gasteiger partial charge is 0.0562 e. The number of aliphatic hydroxyl groups excluding tert-OH is 2. The summed E-state index contributed by atoms with van der Waals surface area (Å²) in [7, 11) is 0. The van der Waals surface area contributed by atoms with E-state index in [9.17, 15) is 5.11 Å². The van der Waals surface area contributed by atoms with Gasteiger partial charge in [0.05, 0.1) is 6.10 Å². The van der Waals surface area contributed by atoms with Crippen molar-refractivity contribution in [2.24, 2.45) is 0 Å². The van der Waals surface area contributed by atoms with Crippen LogP contribution >= 0.6 is 0 Å². The van der Waals surface area contributed by atoms with Crippen molar-refractivity contribution in [2.75, 3.05) is 19.8 Å². The average Bonchev–Trinajstić information content (AvgIpc) is 2.28. The van der Waals surface area contributed by atoms with Gasteiger partial charge in [-0.15, -0.1) is 0 Å². The Hall–Kier alpha value is -0.120. The van der Waals surface area contributed by atoms with Crippen molar-refractivity contribution < 1.29 is 14.9 Å². The molecule has 0 aliphatic rings. The zero-order valence-electron chi connectivity index (χ0n) is 10.7. The van der Waals surface area contributed by atoms with Crippen molar-refractivity contribution in [2.45, 2.75) is 64.4 Å². The standard InChI is InChI=1S/C13H28O3/c1-2-3-4-5-6-8-13(15)9-12-16-11-7-10-14/h13-15H,2-12H2,1H3/t13-/m1/s1. The second kappa shape index (κ2) is 12.9. The fraction of sp³-hybridized carbons (Fsp3) is 1.00. The maximum atomic E-state index is 9.63. The number of hydrogen-bond donors (Lipinski definition) is 2. The Morgan fingerprint density at radius 1 is 0.938 bits per heavy atom. The van der Waals surface area contributed by atoms with Crippen molar-refractivity contribution in [3.63, 3.8) is 0 Å². The molecule has 0 fully saturated rings. The largest absolute Gasteiger partial charge is 0.396 e. The molecule has 0 spiro atoms. The molecule has 2 N–H and O–H groups in total. The van der Waals surface area contributed by atoms with E-state index in [0.29, 0.717) is 19.6 Å². The average molecular weight is 232 g/mol. The van der Waals surface area contributed by atoms with Gasteiger partial charge in [-0.05, 0) is 19.3 Å². The van der Waals surface area contributed by atoms with Gasteiger partial charge in [0.2, 0.25) is 0 Å². The van der Waals surface area contributed by atoms with Crippen LogP contribution in [-0.4, -0.2) is 36.1 Å². The van der Waals surface area contributed by atoms with Crippen LogP contribution in [0.1, 0.15) is 58.3 Å². The number of rotatable bonds is 12. The summed E-state index contributed by atoms with van der Waals surface area (Å²) >= 11 is 0. The van der Waals surface area contributed by atoms with Gasteiger partial charge in [0.15, 0.2) is 0 Å². The molecule has 1 atom stereocenters. The molecule has 0 aliphatic carbocycles. The zero-order chi connectivity index (χ0) is 12.1. The molecule has 0 bridgehead atoms. The minimum absolute atomic E-state index is 0.181. The third-order valence-electron chi connectivity index (χ3n) is 2.68. The number of unbranched alkanes of at least 4 members (excludes halogenated alkanes) is 4. The minimum atomic E-state index is -0.212. The Morgan fingerprint density at radius 3 is 2.38 bits per heavy atom. The van der Waals surface area contributed by atoms with Gasteiger partial charge in [0.25, 0.3) is 0 Å². The molecule has 0 saturated carbocycles. The molecule has 0 aromatic rings. The fourth-order valence-electron chi connectivity index (χ4n) is 1.62. The van der Waals surface area contributed by atoms with Gasteiger partial charge in [-0.25, -0.2) is 0 Å². The summed E-state index contributed by atoms with van der Waals surface area (Å²) in [5, 5.41) is 18.2. The second-order valence-corrected chi connectivity index (χ2v) is 4.33. The quantitative estimate of drug-likeness (QED) is 0.508. The van der Waals surface area contributed by atoms with Crippen LogP contribution in [0.2, 0.25) is 0 Å². The van der Waals surface area contributed by atoms with Crippen LogP contribution in [0.5, 0.6) is 0 Å². The minimum Gasteiger partial charge on any atom is -0.396 e. The van der Waals surface area contributed by atoms with Crippen LogP contribution in [0.4, 0.5) is 0 Å². The molecule has 0 amide bonds. The Bertz CT molecular complexity index is 114. The van der Waals surface area contributed by atoms with E-state index in [1.54, 1.807) is 0 Å². The highest BCUT2D eigenvalue weighted by atomic mass is 16.5. The summed E-state index contributed by atoms with van der Waals surface area (Å²) in [6.07, 6.45) is 8.31. The van der Waals surface area contributed by atoms with Crippen LogP contribution in [0, 0.1) is 0 Å². The zero-order valence-corrected chi connectivity index (χ0v) is 10.7. The summed E-state index contributed by atoms with van der Waals surface area (Å²) in [6.45, 7) is 3.59. The first kappa shape index (κ1) is 15.9. The Labute approximate surface area is 99.8 Å². The van der Waals surface area contributed by atoms with Gasteiger partial charge in [-0.3, -0.25) is 0 Å². The van der Waals surface area contributed by atoms with Gasteiger partial charge in [-0.2, -0.15) is 0 Å². The van der Waals surface area contributed by atoms with Crippen molar-refractivity contribution in [1.29, 1.82) is 0 Å². The molecule has 0 saturated heterocycles. The van der Waals surface area contributed by atoms with Crippen LogP contribution < -0.4 is 0 Å². The molecule has 0 radical (unpaired) electrons. The van der Waals surface area contributed by atoms with Gasteiger partial charge >= 0.3 is 0 Å². The highest BCUT2D eigenvalue weighted by molar-refractivity contribution is 4.55. The molecule has 0 aliphatic heterocycles. The van der Waals surface area contributed by atoms with Gasteiger partial charge < -0.3 is 14.9 Å². The molecule has 0 heterocycles. The van der Waals surface area contributed by atoms with Crippen molar-refractivity contribution in [1.82, 2.24) is 0 Å². The van der Waals surface area contributed by atoms with E-state index >= 15 is 0 Å². The third-order valence-corrected chi connectivity index (χ3v) is 2.68. The summed E-state index contributed by atoms with van der Waals surface area (Å²) < 4.78 is 5.27. The monoisotopic (exact) mass is 232 g/mol. The van der Waals surface area contributed by atoms with Crippen molar-refractivity contribution >= 4 is 0 Å². The lowest BCUT2D eigenvalue weighted by Crippen LogP contribution is -2.11. The Morgan fingerprint density at radius 2 is 1.69 bits per heavy atom. The molecule has 3 nitrogen and oxygen atoms in total. The molecule has 98 valence electrons. The first-order chi connectivity index (χ1) is 7.81. The number of hydrogen-bond acceptors (Lipinski definition) is 3. The van der Waals surface area contributed by atoms with Crippen LogP contribution in [-0.2, 0) is 4.74 Å². The molecule has 3 heteroatoms. The van der Waals surface area contributed by atoms with E-state index < -0.39 is 0 Å². The van der Waals surface area contributed by atoms with Gasteiger partial charge in [0.1, 0.15) is 0 Å². The molecule has 0 unspecified atom stereocenters. The normalized spacial score (nSPS) is 12.9. The van der Waals surface area contributed by atoms with Crippen molar-refractivity contribution in [3.8, 4) is 0 Å². The summed E-state index contributed by atoms with van der Waals surface area (Å²) in [4.78, 5) is 0. The maximum absolute atomic E-state index is 9.63. The first-order valence-electron chi connectivity index (χ1n) is 6.68. The topological polar surface area (TPSA) is 49.7 Å². The number of aliphatic hydroxyl groups is 2. The maximum Gasteiger partial charge on any atom is 0.0562 e. The van der Waals surface area contributed by atoms with Crippen LogP contribution in [0.15, 0.2) is 0 Å². The van der Waals surface area contributed by atoms with Crippen molar-refractivity contribution in [3.05, 3.63) is 0 Å². The number of ether oxygens (including phenoxy) is 1. The van der Waals surface area contributed by atoms with Gasteiger partial charge in [0, 0.05) is 19.8 Å². The third kappa shape index (κ3) is 12.0. The van der Waals surface area contributed by atoms with Crippen LogP contribution in [0.3, 0.4) is 0 Å². The SMILES string of the molecule is CCCCCCC[C@@H](O)CCOCCCO. The lowest BCUT2D eigenvalue weighted by molar-refractivity contribution is 0.0699. The molecule has 0 aromatic carbocycles. The summed E-state index contributed by atoms with van der Waals surface area (Å²) in [5.74, 6) is 0. The Balaban J connectivity index is 3.09. The van der Waals surface area contributed by atoms with E-state index in [4.69, 9.17) is 9.84 Å². The van der Waals surface area contributed by atoms with E-state index in [1.165, 1.54) is 25.7 Å². The van der Waals surface area contributed by atoms with E-state index in [-0.39, 0.29) is 12.7 Å². The lowest BCUT2D eigenvalue weighted by Gasteiger charge is -2.10. The predicted molar refractivity (Wildman–Crippen MR) is 66.5 cm³/mol. The highest BCUT2D eigenvalue weighted by Crippen LogP contribution is 2.09. The predicted octanol–water partition coefficient (Wildman–Crippen LogP) is 2.50. The highest BCUT2D eigenvalue weighted by Gasteiger charge is 2.03. The molecule has 16 heavy (non-hydrogen) atoms. The molecule has 0 rings (SSSR count). The summed E-state index contributed by atoms with van der Waals surface area (Å²) in [6, 6.07) is 0.